The second-order valence-electron chi connectivity index (χ2n) is 11.9. The molecule has 12 nitrogen and oxygen atoms in total. The van der Waals surface area contributed by atoms with Crippen molar-refractivity contribution >= 4 is 40.9 Å². The molecule has 2 heterocycles. The number of aryl methyl sites for hydroxylation is 1. The van der Waals surface area contributed by atoms with Crippen molar-refractivity contribution in [3.05, 3.63) is 70.3 Å². The van der Waals surface area contributed by atoms with Crippen LogP contribution < -0.4 is 15.4 Å². The van der Waals surface area contributed by atoms with E-state index >= 15 is 0 Å². The van der Waals surface area contributed by atoms with Crippen LogP contribution in [0.4, 0.5) is 4.79 Å². The molecule has 4 rings (SSSR count). The summed E-state index contributed by atoms with van der Waals surface area (Å²) in [7, 11) is 1.60. The fourth-order valence-corrected chi connectivity index (χ4v) is 5.05. The first-order valence-corrected chi connectivity index (χ1v) is 15.4. The maximum absolute atomic E-state index is 13.2. The maximum atomic E-state index is 13.2. The van der Waals surface area contributed by atoms with Crippen molar-refractivity contribution in [1.82, 2.24) is 25.4 Å². The Balaban J connectivity index is 1.36. The van der Waals surface area contributed by atoms with E-state index in [9.17, 15) is 19.2 Å². The number of hydrogen-bond donors (Lipinski definition) is 2. The van der Waals surface area contributed by atoms with Gasteiger partial charge in [-0.1, -0.05) is 23.7 Å². The first-order valence-electron chi connectivity index (χ1n) is 15.1. The monoisotopic (exact) mass is 650 g/mol. The van der Waals surface area contributed by atoms with E-state index in [1.54, 1.807) is 40.0 Å². The zero-order chi connectivity index (χ0) is 33.4. The Morgan fingerprint density at radius 1 is 0.957 bits per heavy atom. The number of rotatable bonds is 13. The highest BCUT2D eigenvalue weighted by Crippen LogP contribution is 2.34. The summed E-state index contributed by atoms with van der Waals surface area (Å²) in [5.41, 5.74) is 2.47. The molecule has 46 heavy (non-hydrogen) atoms. The van der Waals surface area contributed by atoms with E-state index < -0.39 is 17.7 Å². The zero-order valence-electron chi connectivity index (χ0n) is 26.7. The average Bonchev–Trinajstić information content (AvgIpc) is 3.33. The Morgan fingerprint density at radius 3 is 2.39 bits per heavy atom. The number of amides is 2. The summed E-state index contributed by atoms with van der Waals surface area (Å²) in [5, 5.41) is 14.4. The number of ketones is 2. The Morgan fingerprint density at radius 2 is 1.70 bits per heavy atom. The van der Waals surface area contributed by atoms with Crippen molar-refractivity contribution in [3.8, 4) is 11.4 Å². The van der Waals surface area contributed by atoms with E-state index in [1.165, 1.54) is 0 Å². The van der Waals surface area contributed by atoms with Crippen molar-refractivity contribution in [3.63, 3.8) is 0 Å². The number of carbonyl (C=O) groups is 4. The summed E-state index contributed by atoms with van der Waals surface area (Å²) in [6.45, 7) is 7.08. The van der Waals surface area contributed by atoms with Gasteiger partial charge >= 0.3 is 6.09 Å². The van der Waals surface area contributed by atoms with Gasteiger partial charge in [-0.15, -0.1) is 10.2 Å². The third-order valence-electron chi connectivity index (χ3n) is 7.09. The van der Waals surface area contributed by atoms with Crippen LogP contribution in [0, 0.1) is 6.92 Å². The number of alkyl carbamates (subject to hydrolysis) is 1. The fourth-order valence-electron chi connectivity index (χ4n) is 4.92. The smallest absolute Gasteiger partial charge is 0.408 e. The molecule has 0 fully saturated rings. The molecule has 244 valence electrons. The van der Waals surface area contributed by atoms with Crippen molar-refractivity contribution in [2.45, 2.75) is 71.4 Å². The second kappa shape index (κ2) is 15.1. The number of halogens is 1. The van der Waals surface area contributed by atoms with Gasteiger partial charge in [0, 0.05) is 48.4 Å². The molecule has 0 saturated carbocycles. The van der Waals surface area contributed by atoms with Gasteiger partial charge in [0.05, 0.1) is 25.1 Å². The number of methoxy groups -OCH3 is 1. The number of fused-ring (bicyclic) bond motifs is 3. The third kappa shape index (κ3) is 9.23. The number of aliphatic imine (C=N–C) groups is 1. The summed E-state index contributed by atoms with van der Waals surface area (Å²) in [6.07, 6.45) is -0.00555. The minimum Gasteiger partial charge on any atom is -0.497 e. The number of hydrogen-bond acceptors (Lipinski definition) is 9. The topological polar surface area (TPSA) is 154 Å². The van der Waals surface area contributed by atoms with Crippen LogP contribution in [-0.2, 0) is 19.1 Å². The van der Waals surface area contributed by atoms with Crippen molar-refractivity contribution in [2.75, 3.05) is 20.2 Å². The van der Waals surface area contributed by atoms with Gasteiger partial charge in [-0.3, -0.25) is 23.9 Å². The summed E-state index contributed by atoms with van der Waals surface area (Å²) in [4.78, 5) is 54.2. The Bertz CT molecular complexity index is 1630. The van der Waals surface area contributed by atoms with Crippen LogP contribution in [0.1, 0.15) is 81.7 Å². The number of Topliss-reactive ketones (excluding diaryl/α,β-unsaturated/α-hetero) is 2. The van der Waals surface area contributed by atoms with Gasteiger partial charge in [-0.25, -0.2) is 4.79 Å². The highest BCUT2D eigenvalue weighted by molar-refractivity contribution is 6.30. The maximum Gasteiger partial charge on any atom is 0.408 e. The number of aromatic nitrogens is 3. The van der Waals surface area contributed by atoms with Crippen LogP contribution in [0.25, 0.3) is 5.69 Å². The second-order valence-corrected chi connectivity index (χ2v) is 12.4. The van der Waals surface area contributed by atoms with Gasteiger partial charge in [0.1, 0.15) is 29.0 Å². The molecule has 2 aromatic carbocycles. The molecular weight excluding hydrogens is 612 g/mol. The number of ether oxygens (including phenoxy) is 2. The first-order chi connectivity index (χ1) is 21.8. The normalized spacial score (nSPS) is 13.9. The lowest BCUT2D eigenvalue weighted by atomic mass is 9.99. The zero-order valence-corrected chi connectivity index (χ0v) is 27.4. The van der Waals surface area contributed by atoms with E-state index in [-0.39, 0.29) is 56.2 Å². The highest BCUT2D eigenvalue weighted by Gasteiger charge is 2.30. The number of nitrogens with zero attached hydrogens (tertiary/aromatic N) is 4. The Labute approximate surface area is 272 Å². The molecule has 1 aliphatic rings. The Kier molecular flexibility index (Phi) is 11.3. The number of carbonyl (C=O) groups excluding carboxylic acids is 4. The van der Waals surface area contributed by atoms with Crippen LogP contribution in [0.3, 0.4) is 0 Å². The van der Waals surface area contributed by atoms with Gasteiger partial charge in [-0.05, 0) is 64.4 Å². The van der Waals surface area contributed by atoms with E-state index in [4.69, 9.17) is 26.1 Å². The molecular formula is C33H39ClN6O6. The standard InChI is InChI=1S/C33H39ClN6O6/c1-20-38-39-31-27(17-23(41)7-6-16-35-29(43)15-12-24(42)19-36-32(44)46-33(2,3)4)37-30(21-8-10-22(34)11-9-21)26-18-25(45-5)13-14-28(26)40(20)31/h8-11,13-14,18,27H,6-7,12,15-17,19H2,1-5H3,(H,35,43)(H,36,44)/t27-/m0/s1. The molecule has 1 aromatic heterocycles. The summed E-state index contributed by atoms with van der Waals surface area (Å²) in [5.74, 6) is 1.23. The van der Waals surface area contributed by atoms with Crippen LogP contribution in [0.15, 0.2) is 47.5 Å². The summed E-state index contributed by atoms with van der Waals surface area (Å²) < 4.78 is 12.5. The van der Waals surface area contributed by atoms with Gasteiger partial charge in [-0.2, -0.15) is 0 Å². The third-order valence-corrected chi connectivity index (χ3v) is 7.34. The molecule has 0 spiro atoms. The molecule has 13 heteroatoms. The van der Waals surface area contributed by atoms with Crippen molar-refractivity contribution in [2.24, 2.45) is 4.99 Å². The van der Waals surface area contributed by atoms with Gasteiger partial charge in [0.2, 0.25) is 5.91 Å². The summed E-state index contributed by atoms with van der Waals surface area (Å²) in [6, 6.07) is 12.4. The lowest BCUT2D eigenvalue weighted by molar-refractivity contribution is -0.125. The largest absolute Gasteiger partial charge is 0.497 e. The van der Waals surface area contributed by atoms with Gasteiger partial charge in [0.15, 0.2) is 11.6 Å². The Hall–Kier alpha value is -4.58. The lowest BCUT2D eigenvalue weighted by Crippen LogP contribution is -2.35. The predicted molar refractivity (Wildman–Crippen MR) is 173 cm³/mol. The molecule has 2 amide bonds. The molecule has 3 aromatic rings. The van der Waals surface area contributed by atoms with E-state index in [2.05, 4.69) is 20.8 Å². The SMILES string of the molecule is COc1ccc2c(c1)C(c1ccc(Cl)cc1)=N[C@@H](CC(=O)CCCNC(=O)CCC(=O)CNC(=O)OC(C)(C)C)c1nnc(C)n1-2. The molecule has 1 aliphatic heterocycles. The molecule has 0 unspecified atom stereocenters. The average molecular weight is 651 g/mol. The van der Waals surface area contributed by atoms with Crippen LogP contribution in [-0.4, -0.2) is 69.8 Å². The minimum atomic E-state index is -0.689. The van der Waals surface area contributed by atoms with Crippen molar-refractivity contribution < 1.29 is 28.7 Å². The summed E-state index contributed by atoms with van der Waals surface area (Å²) >= 11 is 6.17. The van der Waals surface area contributed by atoms with Gasteiger partial charge < -0.3 is 20.1 Å². The van der Waals surface area contributed by atoms with Crippen molar-refractivity contribution in [1.29, 1.82) is 0 Å². The van der Waals surface area contributed by atoms with Crippen LogP contribution in [0.5, 0.6) is 5.75 Å². The first kappa shape index (κ1) is 34.3. The van der Waals surface area contributed by atoms with Gasteiger partial charge in [0.25, 0.3) is 0 Å². The minimum absolute atomic E-state index is 0.0204. The van der Waals surface area contributed by atoms with E-state index in [1.807, 2.05) is 41.8 Å². The van der Waals surface area contributed by atoms with E-state index in [0.29, 0.717) is 34.6 Å². The molecule has 0 bridgehead atoms. The molecule has 1 atom stereocenters. The quantitative estimate of drug-likeness (QED) is 0.249. The highest BCUT2D eigenvalue weighted by atomic mass is 35.5. The van der Waals surface area contributed by atoms with Crippen LogP contribution >= 0.6 is 11.6 Å². The fraction of sp³-hybridized carbons (Fsp3) is 0.424. The van der Waals surface area contributed by atoms with E-state index in [0.717, 1.165) is 16.8 Å². The molecule has 0 aliphatic carbocycles. The molecule has 0 saturated heterocycles. The van der Waals surface area contributed by atoms with Crippen LogP contribution in [0.2, 0.25) is 5.02 Å². The predicted octanol–water partition coefficient (Wildman–Crippen LogP) is 4.86. The number of nitrogens with one attached hydrogen (secondary N) is 2. The number of benzene rings is 2. The molecule has 0 radical (unpaired) electrons. The molecule has 2 N–H and O–H groups in total. The lowest BCUT2D eigenvalue weighted by Gasteiger charge is -2.19.